The molecule has 1 atom stereocenters. The summed E-state index contributed by atoms with van der Waals surface area (Å²) < 4.78 is 14.5. The number of hydrogen-bond acceptors (Lipinski definition) is 5. The molecule has 0 bridgehead atoms. The monoisotopic (exact) mass is 385 g/mol. The van der Waals surface area contributed by atoms with Crippen LogP contribution in [0, 0.1) is 12.7 Å². The first kappa shape index (κ1) is 18.8. The fraction of sp³-hybridized carbons (Fsp3) is 0.158. The van der Waals surface area contributed by atoms with Gasteiger partial charge in [-0.05, 0) is 42.8 Å². The van der Waals surface area contributed by atoms with Crippen LogP contribution in [0.2, 0.25) is 0 Å². The van der Waals surface area contributed by atoms with E-state index in [1.165, 1.54) is 35.8 Å². The summed E-state index contributed by atoms with van der Waals surface area (Å²) in [5, 5.41) is 9.43. The maximum atomic E-state index is 13.3. The molecule has 8 heteroatoms. The average Bonchev–Trinajstić information content (AvgIpc) is 2.62. The molecule has 27 heavy (non-hydrogen) atoms. The molecule has 3 N–H and O–H groups in total. The molecule has 0 radical (unpaired) electrons. The fourth-order valence-electron chi connectivity index (χ4n) is 2.91. The molecule has 1 aliphatic carbocycles. The number of benzene rings is 1. The van der Waals surface area contributed by atoms with Gasteiger partial charge in [0.1, 0.15) is 17.2 Å². The van der Waals surface area contributed by atoms with E-state index in [1.807, 2.05) is 0 Å². The highest BCUT2D eigenvalue weighted by Crippen LogP contribution is 2.25. The van der Waals surface area contributed by atoms with E-state index in [-0.39, 0.29) is 18.1 Å². The number of aromatic carboxylic acids is 1. The molecule has 0 amide bonds. The summed E-state index contributed by atoms with van der Waals surface area (Å²) in [6.45, 7) is 1.74. The van der Waals surface area contributed by atoms with Crippen LogP contribution in [0.4, 0.5) is 4.39 Å². The maximum Gasteiger partial charge on any atom is 0.343 e. The van der Waals surface area contributed by atoms with Crippen molar-refractivity contribution in [1.82, 2.24) is 9.55 Å². The van der Waals surface area contributed by atoms with Crippen molar-refractivity contribution in [2.24, 2.45) is 5.73 Å². The molecular weight excluding hydrogens is 369 g/mol. The summed E-state index contributed by atoms with van der Waals surface area (Å²) in [4.78, 5) is 29.3. The van der Waals surface area contributed by atoms with Gasteiger partial charge in [0, 0.05) is 17.0 Å². The highest BCUT2D eigenvalue weighted by Gasteiger charge is 2.26. The lowest BCUT2D eigenvalue weighted by atomic mass is 10.0. The molecule has 0 aliphatic heterocycles. The third kappa shape index (κ3) is 3.49. The third-order valence-electron chi connectivity index (χ3n) is 4.24. The van der Waals surface area contributed by atoms with Gasteiger partial charge >= 0.3 is 5.97 Å². The molecule has 1 aromatic heterocycles. The third-order valence-corrected chi connectivity index (χ3v) is 4.60. The number of rotatable bonds is 4. The first-order chi connectivity index (χ1) is 12.8. The quantitative estimate of drug-likeness (QED) is 0.785. The normalized spacial score (nSPS) is 16.3. The van der Waals surface area contributed by atoms with E-state index >= 15 is 0 Å². The number of carboxylic acid groups (broad SMARTS) is 1. The zero-order chi connectivity index (χ0) is 19.7. The van der Waals surface area contributed by atoms with Gasteiger partial charge in [0.2, 0.25) is 0 Å². The number of halogens is 1. The zero-order valence-corrected chi connectivity index (χ0v) is 15.2. The van der Waals surface area contributed by atoms with E-state index in [0.717, 1.165) is 5.57 Å². The Kier molecular flexibility index (Phi) is 5.11. The molecule has 138 valence electrons. The van der Waals surface area contributed by atoms with Crippen LogP contribution in [0.5, 0.6) is 0 Å². The fourth-order valence-corrected chi connectivity index (χ4v) is 3.25. The van der Waals surface area contributed by atoms with Crippen molar-refractivity contribution in [3.05, 3.63) is 75.5 Å². The lowest BCUT2D eigenvalue weighted by Crippen LogP contribution is -2.35. The molecule has 1 heterocycles. The molecule has 3 rings (SSSR count). The van der Waals surface area contributed by atoms with Gasteiger partial charge in [0.15, 0.2) is 0 Å². The van der Waals surface area contributed by atoms with E-state index in [4.69, 9.17) is 18.0 Å². The van der Waals surface area contributed by atoms with E-state index in [2.05, 4.69) is 4.98 Å². The molecule has 2 aromatic rings. The second-order valence-electron chi connectivity index (χ2n) is 6.01. The average molecular weight is 385 g/mol. The minimum atomic E-state index is -1.37. The molecule has 0 saturated carbocycles. The second kappa shape index (κ2) is 7.34. The molecular formula is C19H16FN3O3S. The summed E-state index contributed by atoms with van der Waals surface area (Å²) in [6.07, 6.45) is 5.10. The van der Waals surface area contributed by atoms with Crippen LogP contribution in [0.3, 0.4) is 0 Å². The van der Waals surface area contributed by atoms with Crippen molar-refractivity contribution in [2.45, 2.75) is 13.0 Å². The van der Waals surface area contributed by atoms with Gasteiger partial charge in [0.25, 0.3) is 5.56 Å². The molecule has 1 aromatic carbocycles. The van der Waals surface area contributed by atoms with Crippen LogP contribution in [-0.4, -0.2) is 32.0 Å². The van der Waals surface area contributed by atoms with Crippen molar-refractivity contribution in [2.75, 3.05) is 6.54 Å². The standard InChI is InChI=1S/C19H16FN3O3S/c1-10-16(19(25)26)18(24)23(14-7-2-11(9-21)8-15(14)27)17(22-10)12-3-5-13(20)6-4-12/h2-8,14H,9,21H2,1H3,(H,25,26). The van der Waals surface area contributed by atoms with Crippen molar-refractivity contribution < 1.29 is 14.3 Å². The predicted molar refractivity (Wildman–Crippen MR) is 103 cm³/mol. The Balaban J connectivity index is 2.29. The SMILES string of the molecule is Cc1nc(-c2ccc(F)cc2)n(C2C=CC(CN)=CC2=S)c(=O)c1C(=O)O. The van der Waals surface area contributed by atoms with Gasteiger partial charge in [0.05, 0.1) is 11.7 Å². The lowest BCUT2D eigenvalue weighted by Gasteiger charge is -2.23. The summed E-state index contributed by atoms with van der Waals surface area (Å²) >= 11 is 5.41. The van der Waals surface area contributed by atoms with Crippen LogP contribution in [0.15, 0.2) is 52.9 Å². The van der Waals surface area contributed by atoms with Crippen molar-refractivity contribution >= 4 is 23.1 Å². The Morgan fingerprint density at radius 3 is 2.59 bits per heavy atom. The van der Waals surface area contributed by atoms with Crippen LogP contribution >= 0.6 is 12.2 Å². The van der Waals surface area contributed by atoms with Gasteiger partial charge < -0.3 is 10.8 Å². The number of aryl methyl sites for hydroxylation is 1. The molecule has 1 unspecified atom stereocenters. The number of carbonyl (C=O) groups is 1. The molecule has 1 aliphatic rings. The van der Waals surface area contributed by atoms with E-state index in [0.29, 0.717) is 10.4 Å². The maximum absolute atomic E-state index is 13.3. The minimum Gasteiger partial charge on any atom is -0.477 e. The number of carboxylic acids is 1. The number of aromatic nitrogens is 2. The summed E-state index contributed by atoms with van der Waals surface area (Å²) in [5.41, 5.74) is 5.82. The Bertz CT molecular complexity index is 1060. The van der Waals surface area contributed by atoms with Crippen molar-refractivity contribution in [1.29, 1.82) is 0 Å². The highest BCUT2D eigenvalue weighted by molar-refractivity contribution is 7.80. The van der Waals surface area contributed by atoms with Gasteiger partial charge in [-0.3, -0.25) is 9.36 Å². The predicted octanol–water partition coefficient (Wildman–Crippen LogP) is 2.42. The van der Waals surface area contributed by atoms with Gasteiger partial charge in [-0.1, -0.05) is 24.4 Å². The number of allylic oxidation sites excluding steroid dienone is 2. The Labute approximate surface area is 159 Å². The first-order valence-electron chi connectivity index (χ1n) is 8.08. The molecule has 0 saturated heterocycles. The molecule has 0 fully saturated rings. The molecule has 0 spiro atoms. The van der Waals surface area contributed by atoms with Crippen molar-refractivity contribution in [3.63, 3.8) is 0 Å². The zero-order valence-electron chi connectivity index (χ0n) is 14.3. The summed E-state index contributed by atoms with van der Waals surface area (Å²) in [5.74, 6) is -1.59. The largest absolute Gasteiger partial charge is 0.477 e. The Morgan fingerprint density at radius 2 is 2.04 bits per heavy atom. The summed E-state index contributed by atoms with van der Waals surface area (Å²) in [7, 11) is 0. The topological polar surface area (TPSA) is 98.2 Å². The van der Waals surface area contributed by atoms with Crippen molar-refractivity contribution in [3.8, 4) is 11.4 Å². The summed E-state index contributed by atoms with van der Waals surface area (Å²) in [6, 6.07) is 4.74. The molecule has 6 nitrogen and oxygen atoms in total. The van der Waals surface area contributed by atoms with Gasteiger partial charge in [-0.15, -0.1) is 0 Å². The van der Waals surface area contributed by atoms with Crippen LogP contribution < -0.4 is 11.3 Å². The smallest absolute Gasteiger partial charge is 0.343 e. The lowest BCUT2D eigenvalue weighted by molar-refractivity contribution is 0.0693. The number of nitrogens with zero attached hydrogens (tertiary/aromatic N) is 2. The Morgan fingerprint density at radius 1 is 1.37 bits per heavy atom. The Hall–Kier alpha value is -2.97. The second-order valence-corrected chi connectivity index (χ2v) is 6.48. The van der Waals surface area contributed by atoms with Gasteiger partial charge in [-0.25, -0.2) is 14.2 Å². The van der Waals surface area contributed by atoms with Crippen LogP contribution in [0.25, 0.3) is 11.4 Å². The van der Waals surface area contributed by atoms with E-state index in [1.54, 1.807) is 18.2 Å². The number of hydrogen-bond donors (Lipinski definition) is 2. The van der Waals surface area contributed by atoms with Crippen LogP contribution in [-0.2, 0) is 0 Å². The number of thiocarbonyl (C=S) groups is 1. The highest BCUT2D eigenvalue weighted by atomic mass is 32.1. The number of nitrogens with two attached hydrogens (primary N) is 1. The van der Waals surface area contributed by atoms with Gasteiger partial charge in [-0.2, -0.15) is 0 Å². The van der Waals surface area contributed by atoms with E-state index < -0.39 is 29.0 Å². The van der Waals surface area contributed by atoms with Crippen LogP contribution in [0.1, 0.15) is 22.1 Å². The first-order valence-corrected chi connectivity index (χ1v) is 8.49. The van der Waals surface area contributed by atoms with E-state index in [9.17, 15) is 19.1 Å². The minimum absolute atomic E-state index is 0.0759.